The minimum Gasteiger partial charge on any atom is -0.147 e. The average molecular weight is 470 g/mol. The van der Waals surface area contributed by atoms with Crippen LogP contribution < -0.4 is 3.27 Å². The van der Waals surface area contributed by atoms with Gasteiger partial charge >= 0.3 is 163 Å². The second-order valence-corrected chi connectivity index (χ2v) is 10.7. The van der Waals surface area contributed by atoms with Crippen LogP contribution in [0.4, 0.5) is 0 Å². The van der Waals surface area contributed by atoms with Crippen LogP contribution in [0.3, 0.4) is 0 Å². The summed E-state index contributed by atoms with van der Waals surface area (Å²) >= 11 is 1.55. The number of hydrogen-bond donors (Lipinski definition) is 0. The Labute approximate surface area is 187 Å². The van der Waals surface area contributed by atoms with Gasteiger partial charge in [-0.3, -0.25) is 0 Å². The van der Waals surface area contributed by atoms with Gasteiger partial charge in [-0.2, -0.15) is 0 Å². The van der Waals surface area contributed by atoms with E-state index in [0.29, 0.717) is 0 Å². The number of benzene rings is 2. The molecule has 3 heteroatoms. The van der Waals surface area contributed by atoms with E-state index >= 15 is 0 Å². The van der Waals surface area contributed by atoms with Crippen molar-refractivity contribution < 1.29 is 24.7 Å². The summed E-state index contributed by atoms with van der Waals surface area (Å²) in [5.74, 6) is 0. The van der Waals surface area contributed by atoms with Gasteiger partial charge in [0.15, 0.2) is 0 Å². The van der Waals surface area contributed by atoms with Crippen molar-refractivity contribution in [1.82, 2.24) is 0 Å². The van der Waals surface area contributed by atoms with Crippen LogP contribution >= 0.6 is 24.8 Å². The summed E-state index contributed by atoms with van der Waals surface area (Å²) in [4.78, 5) is 0. The monoisotopic (exact) mass is 467 g/mol. The topological polar surface area (TPSA) is 0 Å². The summed E-state index contributed by atoms with van der Waals surface area (Å²) in [6, 6.07) is 7.33. The summed E-state index contributed by atoms with van der Waals surface area (Å²) in [5, 5.41) is 0. The van der Waals surface area contributed by atoms with Crippen LogP contribution in [0.5, 0.6) is 0 Å². The molecule has 0 aromatic heterocycles. The number of halogens is 2. The molecule has 2 aromatic carbocycles. The van der Waals surface area contributed by atoms with Gasteiger partial charge in [0.2, 0.25) is 0 Å². The molecule has 0 atom stereocenters. The largest absolute Gasteiger partial charge is 0.147 e. The van der Waals surface area contributed by atoms with Crippen molar-refractivity contribution in [1.29, 1.82) is 0 Å². The third-order valence-electron chi connectivity index (χ3n) is 5.31. The summed E-state index contributed by atoms with van der Waals surface area (Å²) in [7, 11) is 0. The van der Waals surface area contributed by atoms with Gasteiger partial charge in [-0.1, -0.05) is 0 Å². The fourth-order valence-corrected chi connectivity index (χ4v) is 5.00. The molecule has 0 nitrogen and oxygen atoms in total. The summed E-state index contributed by atoms with van der Waals surface area (Å²) in [6.45, 7) is 18.6. The Bertz CT molecular complexity index is 837. The summed E-state index contributed by atoms with van der Waals surface area (Å²) in [6.07, 6.45) is 1.11. The number of rotatable bonds is 0. The van der Waals surface area contributed by atoms with Gasteiger partial charge in [-0.25, -0.2) is 0 Å². The van der Waals surface area contributed by atoms with Crippen LogP contribution in [0.25, 0.3) is 11.1 Å². The Morgan fingerprint density at radius 1 is 0.808 bits per heavy atom. The molecule has 1 aliphatic carbocycles. The molecule has 0 bridgehead atoms. The molecule has 3 rings (SSSR count). The first-order valence-corrected chi connectivity index (χ1v) is 10.2. The molecule has 0 saturated carbocycles. The number of fused-ring (bicyclic) bond motifs is 3. The predicted molar refractivity (Wildman–Crippen MR) is 116 cm³/mol. The summed E-state index contributed by atoms with van der Waals surface area (Å²) < 4.78 is 1.58. The van der Waals surface area contributed by atoms with Crippen LogP contribution in [0.1, 0.15) is 74.9 Å². The van der Waals surface area contributed by atoms with Crippen LogP contribution in [0.15, 0.2) is 18.2 Å². The maximum atomic E-state index is 2.51. The van der Waals surface area contributed by atoms with Crippen LogP contribution in [-0.4, -0.2) is 0 Å². The summed E-state index contributed by atoms with van der Waals surface area (Å²) in [5.41, 5.74) is 12.5. The molecule has 0 N–H and O–H groups in total. The van der Waals surface area contributed by atoms with Gasteiger partial charge in [0, 0.05) is 0 Å². The van der Waals surface area contributed by atoms with E-state index in [4.69, 9.17) is 0 Å². The molecule has 0 saturated heterocycles. The van der Waals surface area contributed by atoms with Crippen molar-refractivity contribution in [3.63, 3.8) is 0 Å². The van der Waals surface area contributed by atoms with E-state index < -0.39 is 0 Å². The van der Waals surface area contributed by atoms with Crippen molar-refractivity contribution in [2.75, 3.05) is 0 Å². The third kappa shape index (κ3) is 4.01. The molecule has 26 heavy (non-hydrogen) atoms. The molecular weight excluding hydrogens is 438 g/mol. The first kappa shape index (κ1) is 23.9. The van der Waals surface area contributed by atoms with E-state index in [1.165, 1.54) is 38.9 Å². The Kier molecular flexibility index (Phi) is 7.12. The van der Waals surface area contributed by atoms with Gasteiger partial charge in [0.1, 0.15) is 0 Å². The Hall–Kier alpha value is -0.0969. The second-order valence-electron chi connectivity index (χ2n) is 9.47. The Morgan fingerprint density at radius 2 is 1.35 bits per heavy atom. The van der Waals surface area contributed by atoms with Crippen molar-refractivity contribution in [3.8, 4) is 11.1 Å². The molecule has 0 heterocycles. The second kappa shape index (κ2) is 7.73. The molecule has 141 valence electrons. The van der Waals surface area contributed by atoms with E-state index in [2.05, 4.69) is 73.6 Å². The van der Waals surface area contributed by atoms with Crippen LogP contribution in [0.2, 0.25) is 0 Å². The van der Waals surface area contributed by atoms with E-state index in [0.717, 1.165) is 6.42 Å². The number of hydrogen-bond acceptors (Lipinski definition) is 0. The van der Waals surface area contributed by atoms with Gasteiger partial charge in [0.25, 0.3) is 0 Å². The van der Waals surface area contributed by atoms with Gasteiger partial charge < -0.3 is 0 Å². The zero-order valence-corrected chi connectivity index (χ0v) is 21.3. The van der Waals surface area contributed by atoms with E-state index in [9.17, 15) is 0 Å². The van der Waals surface area contributed by atoms with Crippen molar-refractivity contribution in [3.05, 3.63) is 51.6 Å². The molecule has 0 fully saturated rings. The van der Waals surface area contributed by atoms with E-state index in [1.54, 1.807) is 33.6 Å². The van der Waals surface area contributed by atoms with Gasteiger partial charge in [-0.05, 0) is 0 Å². The Balaban J connectivity index is 0.00000169. The van der Waals surface area contributed by atoms with Crippen molar-refractivity contribution in [2.45, 2.75) is 72.6 Å². The maximum Gasteiger partial charge on any atom is -0.147 e. The van der Waals surface area contributed by atoms with Crippen molar-refractivity contribution in [2.24, 2.45) is 0 Å². The molecule has 0 unspecified atom stereocenters. The minimum atomic E-state index is 0. The normalized spacial score (nSPS) is 12.7. The van der Waals surface area contributed by atoms with Crippen molar-refractivity contribution >= 4 is 28.1 Å². The van der Waals surface area contributed by atoms with E-state index in [1.807, 2.05) is 0 Å². The van der Waals surface area contributed by atoms with Gasteiger partial charge in [0.05, 0.1) is 0 Å². The molecule has 0 aliphatic heterocycles. The smallest absolute Gasteiger partial charge is 0.147 e. The average Bonchev–Trinajstić information content (AvgIpc) is 2.77. The van der Waals surface area contributed by atoms with Crippen LogP contribution in [-0.2, 0) is 42.0 Å². The first-order chi connectivity index (χ1) is 10.9. The molecule has 0 amide bonds. The Morgan fingerprint density at radius 3 is 1.85 bits per heavy atom. The SMILES string of the molecule is Cc1cc2c(c(C(C)(C)C)c1)-c1cc(C(C)(C)C)c(C)[c]([Zr])c1C2.Cl.Cl. The molecule has 2 aromatic rings. The van der Waals surface area contributed by atoms with E-state index in [-0.39, 0.29) is 35.6 Å². The fourth-order valence-electron chi connectivity index (χ4n) is 4.12. The zero-order chi connectivity index (χ0) is 18.0. The molecule has 0 spiro atoms. The van der Waals surface area contributed by atoms with Gasteiger partial charge in [-0.15, -0.1) is 24.8 Å². The first-order valence-electron chi connectivity index (χ1n) is 8.94. The third-order valence-corrected chi connectivity index (χ3v) is 6.98. The molecule has 0 radical (unpaired) electrons. The standard InChI is InChI=1S/C23H29.2ClH.Zr/c1-14-9-17-12-16-11-15(2)19(22(3,4)5)13-18(16)21(17)20(10-14)23(6,7)8;;;/h9-10,13H,12H2,1-8H3;2*1H;. The molecule has 1 aliphatic rings. The molecular formula is C23H31Cl2Zr. The minimum absolute atomic E-state index is 0. The predicted octanol–water partition coefficient (Wildman–Crippen LogP) is 6.49. The maximum absolute atomic E-state index is 2.51. The number of aryl methyl sites for hydroxylation is 1. The quantitative estimate of drug-likeness (QED) is 0.353. The fraction of sp³-hybridized carbons (Fsp3) is 0.478. The van der Waals surface area contributed by atoms with Crippen LogP contribution in [0, 0.1) is 13.8 Å². The zero-order valence-electron chi connectivity index (χ0n) is 17.3.